The monoisotopic (exact) mass is 500 g/mol. The zero-order chi connectivity index (χ0) is 26.9. The number of carbonyl (C=O) groups excluding carboxylic acids is 1. The highest BCUT2D eigenvalue weighted by Gasteiger charge is 2.23. The van der Waals surface area contributed by atoms with E-state index in [9.17, 15) is 14.7 Å². The lowest BCUT2D eigenvalue weighted by Gasteiger charge is -2.19. The molecule has 0 bridgehead atoms. The summed E-state index contributed by atoms with van der Waals surface area (Å²) >= 11 is 0. The molecule has 0 atom stereocenters. The van der Waals surface area contributed by atoms with Crippen LogP contribution in [0.4, 0.5) is 5.69 Å². The first kappa shape index (κ1) is 25.9. The Morgan fingerprint density at radius 1 is 1.00 bits per heavy atom. The Kier molecular flexibility index (Phi) is 7.34. The molecule has 0 unspecified atom stereocenters. The van der Waals surface area contributed by atoms with Crippen LogP contribution in [0.5, 0.6) is 0 Å². The summed E-state index contributed by atoms with van der Waals surface area (Å²) in [6.07, 6.45) is 0.865. The number of amides is 1. The number of rotatable bonds is 7. The van der Waals surface area contributed by atoms with Crippen LogP contribution in [0.1, 0.15) is 41.0 Å². The van der Waals surface area contributed by atoms with Crippen LogP contribution in [0.2, 0.25) is 0 Å². The van der Waals surface area contributed by atoms with E-state index in [4.69, 9.17) is 4.42 Å². The molecule has 7 nitrogen and oxygen atoms in total. The van der Waals surface area contributed by atoms with E-state index in [1.54, 1.807) is 12.1 Å². The van der Waals surface area contributed by atoms with Crippen LogP contribution in [0.15, 0.2) is 59.0 Å². The molecule has 1 aliphatic carbocycles. The fourth-order valence-electron chi connectivity index (χ4n) is 4.37. The molecule has 1 heterocycles. The first-order chi connectivity index (χ1) is 17.6. The van der Waals surface area contributed by atoms with Crippen LogP contribution in [-0.4, -0.2) is 51.7 Å². The maximum atomic E-state index is 13.0. The van der Waals surface area contributed by atoms with Gasteiger partial charge < -0.3 is 19.7 Å². The fraction of sp³-hybridized carbons (Fsp3) is 0.300. The Morgan fingerprint density at radius 2 is 1.76 bits per heavy atom. The topological polar surface area (TPSA) is 85.8 Å². The quantitative estimate of drug-likeness (QED) is 0.282. The number of aromatic carboxylic acids is 1. The molecule has 192 valence electrons. The second-order valence-corrected chi connectivity index (χ2v) is 10.1. The van der Waals surface area contributed by atoms with E-state index in [1.807, 2.05) is 74.1 Å². The number of carboxylic acids is 1. The van der Waals surface area contributed by atoms with Gasteiger partial charge in [-0.15, -0.1) is 0 Å². The molecular formula is C30H34N3O4+. The SMILES string of the molecule is CC(C)CCNC(=O)c1ccc(C(=O)O)c(-c2c3ccc(=[N+](C)C)cc-3oc3cc(N(C)C)ccc23)c1. The van der Waals surface area contributed by atoms with E-state index >= 15 is 0 Å². The molecule has 0 radical (unpaired) electrons. The Labute approximate surface area is 217 Å². The van der Waals surface area contributed by atoms with E-state index in [-0.39, 0.29) is 11.5 Å². The average molecular weight is 501 g/mol. The molecule has 2 aromatic rings. The van der Waals surface area contributed by atoms with Gasteiger partial charge in [0.1, 0.15) is 25.4 Å². The molecule has 4 rings (SSSR count). The Hall–Kier alpha value is -4.13. The summed E-state index contributed by atoms with van der Waals surface area (Å²) in [5.41, 5.74) is 4.11. The van der Waals surface area contributed by atoms with Gasteiger partial charge in [0.25, 0.3) is 5.91 Å². The average Bonchev–Trinajstić information content (AvgIpc) is 2.85. The Bertz CT molecular complexity index is 1530. The van der Waals surface area contributed by atoms with Gasteiger partial charge in [0.15, 0.2) is 0 Å². The summed E-state index contributed by atoms with van der Waals surface area (Å²) in [6.45, 7) is 4.77. The molecule has 0 aromatic heterocycles. The van der Waals surface area contributed by atoms with Crippen LogP contribution >= 0.6 is 0 Å². The molecule has 2 aromatic carbocycles. The van der Waals surface area contributed by atoms with Gasteiger partial charge in [0.2, 0.25) is 5.36 Å². The lowest BCUT2D eigenvalue weighted by Crippen LogP contribution is -2.25. The van der Waals surface area contributed by atoms with Crippen molar-refractivity contribution in [2.24, 2.45) is 5.92 Å². The van der Waals surface area contributed by atoms with E-state index in [0.717, 1.165) is 34.0 Å². The van der Waals surface area contributed by atoms with Crippen LogP contribution in [0.25, 0.3) is 33.4 Å². The highest BCUT2D eigenvalue weighted by molar-refractivity contribution is 6.09. The third-order valence-corrected chi connectivity index (χ3v) is 6.51. The van der Waals surface area contributed by atoms with Crippen molar-refractivity contribution >= 4 is 28.5 Å². The smallest absolute Gasteiger partial charge is 0.336 e. The van der Waals surface area contributed by atoms with Crippen molar-refractivity contribution in [2.45, 2.75) is 20.3 Å². The zero-order valence-electron chi connectivity index (χ0n) is 22.3. The second-order valence-electron chi connectivity index (χ2n) is 10.1. The first-order valence-corrected chi connectivity index (χ1v) is 12.4. The number of hydrogen-bond acceptors (Lipinski definition) is 4. The minimum Gasteiger partial charge on any atom is -0.478 e. The molecule has 1 amide bonds. The number of benzene rings is 3. The van der Waals surface area contributed by atoms with Gasteiger partial charge in [-0.1, -0.05) is 13.8 Å². The predicted octanol–water partition coefficient (Wildman–Crippen LogP) is 4.78. The summed E-state index contributed by atoms with van der Waals surface area (Å²) in [6, 6.07) is 16.5. The van der Waals surface area contributed by atoms with Crippen molar-refractivity contribution in [3.05, 3.63) is 71.1 Å². The number of nitrogens with one attached hydrogen (secondary N) is 1. The van der Waals surface area contributed by atoms with Crippen LogP contribution in [0.3, 0.4) is 0 Å². The minimum atomic E-state index is -1.06. The number of fused-ring (bicyclic) bond motifs is 2. The summed E-state index contributed by atoms with van der Waals surface area (Å²) in [4.78, 5) is 27.3. The molecule has 7 heteroatoms. The van der Waals surface area contributed by atoms with Gasteiger partial charge in [-0.25, -0.2) is 9.37 Å². The van der Waals surface area contributed by atoms with Crippen molar-refractivity contribution < 1.29 is 19.1 Å². The largest absolute Gasteiger partial charge is 0.478 e. The van der Waals surface area contributed by atoms with Crippen LogP contribution < -0.4 is 20.1 Å². The maximum Gasteiger partial charge on any atom is 0.336 e. The number of anilines is 1. The van der Waals surface area contributed by atoms with Crippen molar-refractivity contribution in [1.29, 1.82) is 0 Å². The third kappa shape index (κ3) is 5.35. The zero-order valence-corrected chi connectivity index (χ0v) is 22.3. The van der Waals surface area contributed by atoms with Gasteiger partial charge in [-0.3, -0.25) is 4.79 Å². The van der Waals surface area contributed by atoms with Crippen LogP contribution in [-0.2, 0) is 0 Å². The molecule has 1 aliphatic heterocycles. The maximum absolute atomic E-state index is 13.0. The minimum absolute atomic E-state index is 0.126. The highest BCUT2D eigenvalue weighted by Crippen LogP contribution is 2.42. The van der Waals surface area contributed by atoms with Gasteiger partial charge in [-0.05, 0) is 54.3 Å². The van der Waals surface area contributed by atoms with Gasteiger partial charge in [-0.2, -0.15) is 0 Å². The summed E-state index contributed by atoms with van der Waals surface area (Å²) in [7, 11) is 7.82. The van der Waals surface area contributed by atoms with E-state index < -0.39 is 5.97 Å². The number of carboxylic acid groups (broad SMARTS) is 1. The molecular weight excluding hydrogens is 466 g/mol. The van der Waals surface area contributed by atoms with Crippen molar-refractivity contribution in [2.75, 3.05) is 39.6 Å². The molecule has 0 fully saturated rings. The van der Waals surface area contributed by atoms with E-state index in [0.29, 0.717) is 34.9 Å². The van der Waals surface area contributed by atoms with Crippen molar-refractivity contribution in [3.63, 3.8) is 0 Å². The molecule has 0 spiro atoms. The number of hydrogen-bond donors (Lipinski definition) is 2. The molecule has 0 saturated heterocycles. The number of carbonyl (C=O) groups is 2. The Morgan fingerprint density at radius 3 is 2.41 bits per heavy atom. The first-order valence-electron chi connectivity index (χ1n) is 12.4. The predicted molar refractivity (Wildman–Crippen MR) is 148 cm³/mol. The number of nitrogens with zero attached hydrogens (tertiary/aromatic N) is 2. The lowest BCUT2D eigenvalue weighted by atomic mass is 9.89. The fourth-order valence-corrected chi connectivity index (χ4v) is 4.37. The Balaban J connectivity index is 2.02. The normalized spacial score (nSPS) is 11.2. The van der Waals surface area contributed by atoms with Crippen LogP contribution in [0, 0.1) is 5.92 Å². The molecule has 2 aliphatic rings. The standard InChI is InChI=1S/C30H33N3O4/c1-18(2)13-14-31-29(34)19-7-10-22(30(35)36)25(15-19)28-23-11-8-20(32(3)4)16-26(23)37-27-17-21(33(5)6)9-12-24(27)28/h7-12,15-18H,13-14H2,1-6H3,(H-,31,34,35,36)/p+1. The summed E-state index contributed by atoms with van der Waals surface area (Å²) in [5.74, 6) is -0.181. The van der Waals surface area contributed by atoms with Crippen molar-refractivity contribution in [3.8, 4) is 22.5 Å². The van der Waals surface area contributed by atoms with Gasteiger partial charge >= 0.3 is 5.97 Å². The van der Waals surface area contributed by atoms with Crippen molar-refractivity contribution in [1.82, 2.24) is 9.89 Å². The summed E-state index contributed by atoms with van der Waals surface area (Å²) in [5, 5.41) is 14.8. The summed E-state index contributed by atoms with van der Waals surface area (Å²) < 4.78 is 8.35. The third-order valence-electron chi connectivity index (χ3n) is 6.51. The van der Waals surface area contributed by atoms with E-state index in [2.05, 4.69) is 19.2 Å². The van der Waals surface area contributed by atoms with Gasteiger partial charge in [0, 0.05) is 60.5 Å². The molecule has 0 saturated carbocycles. The second kappa shape index (κ2) is 10.5. The van der Waals surface area contributed by atoms with Gasteiger partial charge in [0.05, 0.1) is 11.6 Å². The van der Waals surface area contributed by atoms with E-state index in [1.165, 1.54) is 6.07 Å². The molecule has 37 heavy (non-hydrogen) atoms. The molecule has 2 N–H and O–H groups in total. The highest BCUT2D eigenvalue weighted by atomic mass is 16.4. The lowest BCUT2D eigenvalue weighted by molar-refractivity contribution is 0.0697.